The van der Waals surface area contributed by atoms with Crippen molar-refractivity contribution in [3.8, 4) is 0 Å². The van der Waals surface area contributed by atoms with Gasteiger partial charge in [0, 0.05) is 63.0 Å². The Kier molecular flexibility index (Phi) is 4.12. The fourth-order valence-corrected chi connectivity index (χ4v) is 4.84. The Morgan fingerprint density at radius 3 is 2.64 bits per heavy atom. The smallest absolute Gasteiger partial charge is 0.324 e. The van der Waals surface area contributed by atoms with Crippen LogP contribution in [-0.4, -0.2) is 62.2 Å². The summed E-state index contributed by atoms with van der Waals surface area (Å²) in [7, 11) is 2.06. The van der Waals surface area contributed by atoms with Crippen molar-refractivity contribution in [3.05, 3.63) is 47.6 Å². The van der Waals surface area contributed by atoms with Gasteiger partial charge >= 0.3 is 6.03 Å². The number of hydrogen-bond donors (Lipinski definition) is 0. The molecule has 5 rings (SSSR count). The van der Waals surface area contributed by atoms with E-state index in [0.717, 1.165) is 62.9 Å². The Labute approximate surface area is 170 Å². The van der Waals surface area contributed by atoms with Gasteiger partial charge in [0.1, 0.15) is 5.82 Å². The maximum absolute atomic E-state index is 13.2. The van der Waals surface area contributed by atoms with Crippen LogP contribution in [0.1, 0.15) is 6.42 Å². The molecule has 2 saturated heterocycles. The first-order valence-electron chi connectivity index (χ1n) is 9.78. The van der Waals surface area contributed by atoms with E-state index >= 15 is 0 Å². The fraction of sp³-hybridized carbons (Fsp3) is 0.429. The van der Waals surface area contributed by atoms with Crippen LogP contribution >= 0.6 is 11.6 Å². The highest BCUT2D eigenvalue weighted by Crippen LogP contribution is 2.43. The van der Waals surface area contributed by atoms with Crippen molar-refractivity contribution < 1.29 is 4.79 Å². The lowest BCUT2D eigenvalue weighted by Crippen LogP contribution is -2.74. The van der Waals surface area contributed by atoms with Crippen LogP contribution in [0.3, 0.4) is 0 Å². The van der Waals surface area contributed by atoms with Gasteiger partial charge in [-0.15, -0.1) is 0 Å². The molecule has 7 heteroatoms. The van der Waals surface area contributed by atoms with E-state index < -0.39 is 0 Å². The van der Waals surface area contributed by atoms with Gasteiger partial charge in [-0.2, -0.15) is 0 Å². The number of likely N-dealkylation sites (tertiary alicyclic amines) is 1. The average Bonchev–Trinajstić information content (AvgIpc) is 2.79. The third-order valence-corrected chi connectivity index (χ3v) is 6.33. The molecule has 0 bridgehead atoms. The normalized spacial score (nSPS) is 20.4. The van der Waals surface area contributed by atoms with Crippen molar-refractivity contribution in [2.45, 2.75) is 6.42 Å². The summed E-state index contributed by atoms with van der Waals surface area (Å²) in [6.07, 6.45) is 2.78. The second-order valence-corrected chi connectivity index (χ2v) is 8.68. The number of nitrogens with zero attached hydrogens (tertiary/aromatic N) is 5. The Bertz CT molecular complexity index is 891. The van der Waals surface area contributed by atoms with Crippen LogP contribution in [-0.2, 0) is 0 Å². The molecular weight excluding hydrogens is 374 g/mol. The highest BCUT2D eigenvalue weighted by molar-refractivity contribution is 6.31. The predicted octanol–water partition coefficient (Wildman–Crippen LogP) is 3.32. The van der Waals surface area contributed by atoms with E-state index in [1.165, 1.54) is 0 Å². The Morgan fingerprint density at radius 1 is 1.07 bits per heavy atom. The van der Waals surface area contributed by atoms with Gasteiger partial charge in [-0.1, -0.05) is 17.7 Å². The van der Waals surface area contributed by atoms with E-state index in [-0.39, 0.29) is 11.4 Å². The molecule has 1 aromatic heterocycles. The lowest BCUT2D eigenvalue weighted by atomic mass is 9.73. The number of urea groups is 1. The second kappa shape index (κ2) is 6.55. The summed E-state index contributed by atoms with van der Waals surface area (Å²) in [5, 5.41) is 0.701. The Balaban J connectivity index is 1.27. The number of fused-ring (bicyclic) bond motifs is 1. The van der Waals surface area contributed by atoms with Crippen LogP contribution in [0.15, 0.2) is 42.6 Å². The van der Waals surface area contributed by atoms with Gasteiger partial charge in [0.2, 0.25) is 0 Å². The van der Waals surface area contributed by atoms with Crippen LogP contribution < -0.4 is 14.7 Å². The van der Waals surface area contributed by atoms with Gasteiger partial charge in [0.25, 0.3) is 0 Å². The fourth-order valence-electron chi connectivity index (χ4n) is 4.67. The molecule has 28 heavy (non-hydrogen) atoms. The van der Waals surface area contributed by atoms with E-state index in [4.69, 9.17) is 11.6 Å². The summed E-state index contributed by atoms with van der Waals surface area (Å²) >= 11 is 6.20. The molecule has 1 spiro atoms. The number of halogens is 1. The number of aromatic nitrogens is 1. The summed E-state index contributed by atoms with van der Waals surface area (Å²) < 4.78 is 0. The van der Waals surface area contributed by atoms with E-state index in [1.807, 2.05) is 52.4 Å². The van der Waals surface area contributed by atoms with E-state index in [0.29, 0.717) is 5.02 Å². The molecule has 0 N–H and O–H groups in total. The van der Waals surface area contributed by atoms with Gasteiger partial charge in [-0.3, -0.25) is 4.90 Å². The molecule has 0 atom stereocenters. The van der Waals surface area contributed by atoms with Crippen molar-refractivity contribution in [3.63, 3.8) is 0 Å². The Hall–Kier alpha value is -2.47. The van der Waals surface area contributed by atoms with Gasteiger partial charge in [-0.25, -0.2) is 9.78 Å². The summed E-state index contributed by atoms with van der Waals surface area (Å²) in [6.45, 7) is 5.25. The minimum absolute atomic E-state index is 0.112. The molecule has 0 radical (unpaired) electrons. The summed E-state index contributed by atoms with van der Waals surface area (Å²) in [5.74, 6) is 1.03. The molecule has 6 nitrogen and oxygen atoms in total. The minimum Gasteiger partial charge on any atom is -0.373 e. The molecule has 1 aromatic carbocycles. The summed E-state index contributed by atoms with van der Waals surface area (Å²) in [6, 6.07) is 11.9. The van der Waals surface area contributed by atoms with Gasteiger partial charge in [-0.05, 0) is 36.8 Å². The maximum Gasteiger partial charge on any atom is 0.324 e. The van der Waals surface area contributed by atoms with Gasteiger partial charge in [0.15, 0.2) is 0 Å². The number of pyridine rings is 1. The van der Waals surface area contributed by atoms with Crippen molar-refractivity contribution in [2.75, 3.05) is 61.0 Å². The van der Waals surface area contributed by atoms with Crippen LogP contribution in [0.5, 0.6) is 0 Å². The SMILES string of the molecule is CN1CCCN(C(=O)N2CC3(C2)CN(c2ccccn2)C3)c2ccc(Cl)cc21. The van der Waals surface area contributed by atoms with Crippen LogP contribution in [0.25, 0.3) is 0 Å². The van der Waals surface area contributed by atoms with E-state index in [2.05, 4.69) is 21.8 Å². The minimum atomic E-state index is 0.112. The lowest BCUT2D eigenvalue weighted by molar-refractivity contribution is 0.00969. The predicted molar refractivity (Wildman–Crippen MR) is 113 cm³/mol. The zero-order chi connectivity index (χ0) is 19.3. The number of carbonyl (C=O) groups is 1. The number of rotatable bonds is 1. The second-order valence-electron chi connectivity index (χ2n) is 8.24. The highest BCUT2D eigenvalue weighted by Gasteiger charge is 2.54. The first kappa shape index (κ1) is 17.6. The zero-order valence-corrected chi connectivity index (χ0v) is 16.8. The molecule has 4 heterocycles. The molecule has 3 aliphatic rings. The van der Waals surface area contributed by atoms with Crippen molar-refractivity contribution in [2.24, 2.45) is 5.41 Å². The largest absolute Gasteiger partial charge is 0.373 e. The molecule has 0 saturated carbocycles. The number of hydrogen-bond acceptors (Lipinski definition) is 4. The molecule has 0 unspecified atom stereocenters. The first-order chi connectivity index (χ1) is 13.5. The monoisotopic (exact) mass is 397 g/mol. The van der Waals surface area contributed by atoms with Crippen LogP contribution in [0.4, 0.5) is 22.0 Å². The summed E-state index contributed by atoms with van der Waals surface area (Å²) in [4.78, 5) is 26.1. The van der Waals surface area contributed by atoms with Crippen molar-refractivity contribution >= 4 is 34.8 Å². The standard InChI is InChI=1S/C21H24ClN5O/c1-24-9-4-10-27(17-7-6-16(22)11-18(17)24)20(28)26-14-21(15-26)12-25(13-21)19-5-2-3-8-23-19/h2-3,5-8,11H,4,9-10,12-15H2,1H3. The van der Waals surface area contributed by atoms with Crippen molar-refractivity contribution in [1.29, 1.82) is 0 Å². The quantitative estimate of drug-likeness (QED) is 0.740. The molecule has 2 fully saturated rings. The highest BCUT2D eigenvalue weighted by atomic mass is 35.5. The molecule has 2 amide bonds. The molecule has 2 aromatic rings. The van der Waals surface area contributed by atoms with E-state index in [1.54, 1.807) is 0 Å². The number of amides is 2. The molecule has 0 aliphatic carbocycles. The number of anilines is 3. The third kappa shape index (κ3) is 2.87. The third-order valence-electron chi connectivity index (χ3n) is 6.09. The maximum atomic E-state index is 13.2. The van der Waals surface area contributed by atoms with Gasteiger partial charge < -0.3 is 14.7 Å². The van der Waals surface area contributed by atoms with Crippen LogP contribution in [0.2, 0.25) is 5.02 Å². The Morgan fingerprint density at radius 2 is 1.89 bits per heavy atom. The average molecular weight is 398 g/mol. The number of carbonyl (C=O) groups excluding carboxylic acids is 1. The molecule has 3 aliphatic heterocycles. The lowest BCUT2D eigenvalue weighted by Gasteiger charge is -2.60. The zero-order valence-electron chi connectivity index (χ0n) is 16.0. The van der Waals surface area contributed by atoms with Gasteiger partial charge in [0.05, 0.1) is 11.4 Å². The number of benzene rings is 1. The molecule has 146 valence electrons. The summed E-state index contributed by atoms with van der Waals surface area (Å²) in [5.41, 5.74) is 2.22. The van der Waals surface area contributed by atoms with Crippen molar-refractivity contribution in [1.82, 2.24) is 9.88 Å². The van der Waals surface area contributed by atoms with Crippen LogP contribution in [0, 0.1) is 5.41 Å². The van der Waals surface area contributed by atoms with E-state index in [9.17, 15) is 4.79 Å². The molecular formula is C21H24ClN5O. The first-order valence-corrected chi connectivity index (χ1v) is 10.2. The topological polar surface area (TPSA) is 42.9 Å².